The van der Waals surface area contributed by atoms with Crippen LogP contribution in [-0.4, -0.2) is 23.1 Å². The number of nitrogens with one attached hydrogen (secondary N) is 1. The fourth-order valence-electron chi connectivity index (χ4n) is 1.99. The maximum Gasteiger partial charge on any atom is 0.246 e. The van der Waals surface area contributed by atoms with Crippen LogP contribution < -0.4 is 5.32 Å². The van der Waals surface area contributed by atoms with Crippen LogP contribution in [0.5, 0.6) is 0 Å². The zero-order valence-electron chi connectivity index (χ0n) is 9.93. The SMILES string of the molecule is O=C1CN=C(c2ccccc2)c2cc(Cl)ncc2N1. The van der Waals surface area contributed by atoms with Crippen molar-refractivity contribution in [3.8, 4) is 0 Å². The van der Waals surface area contributed by atoms with Crippen molar-refractivity contribution in [1.82, 2.24) is 4.98 Å². The van der Waals surface area contributed by atoms with Crippen LogP contribution in [0.15, 0.2) is 47.6 Å². The number of anilines is 1. The lowest BCUT2D eigenvalue weighted by atomic mass is 10.0. The molecule has 1 N–H and O–H groups in total. The van der Waals surface area contributed by atoms with E-state index in [2.05, 4.69) is 15.3 Å². The molecule has 19 heavy (non-hydrogen) atoms. The van der Waals surface area contributed by atoms with Crippen molar-refractivity contribution in [2.24, 2.45) is 4.99 Å². The molecule has 1 aromatic carbocycles. The van der Waals surface area contributed by atoms with Crippen molar-refractivity contribution < 1.29 is 4.79 Å². The third-order valence-corrected chi connectivity index (χ3v) is 3.03. The molecule has 4 nitrogen and oxygen atoms in total. The lowest BCUT2D eigenvalue weighted by Crippen LogP contribution is -2.13. The number of hydrogen-bond acceptors (Lipinski definition) is 3. The molecule has 94 valence electrons. The molecular formula is C14H10ClN3O. The first-order valence-corrected chi connectivity index (χ1v) is 6.17. The van der Waals surface area contributed by atoms with Crippen LogP contribution in [0, 0.1) is 0 Å². The van der Waals surface area contributed by atoms with Gasteiger partial charge in [0.25, 0.3) is 0 Å². The number of aromatic nitrogens is 1. The fourth-order valence-corrected chi connectivity index (χ4v) is 2.15. The van der Waals surface area contributed by atoms with Crippen molar-refractivity contribution in [1.29, 1.82) is 0 Å². The minimum atomic E-state index is -0.156. The van der Waals surface area contributed by atoms with Crippen molar-refractivity contribution in [2.75, 3.05) is 11.9 Å². The van der Waals surface area contributed by atoms with Crippen molar-refractivity contribution >= 4 is 28.9 Å². The molecule has 0 atom stereocenters. The van der Waals surface area contributed by atoms with Gasteiger partial charge in [0.15, 0.2) is 0 Å². The highest BCUT2D eigenvalue weighted by Gasteiger charge is 2.18. The van der Waals surface area contributed by atoms with Gasteiger partial charge in [0, 0.05) is 11.1 Å². The Balaban J connectivity index is 2.20. The first-order valence-electron chi connectivity index (χ1n) is 5.80. The summed E-state index contributed by atoms with van der Waals surface area (Å²) in [6.07, 6.45) is 1.55. The number of halogens is 1. The zero-order chi connectivity index (χ0) is 13.2. The maximum absolute atomic E-state index is 11.6. The smallest absolute Gasteiger partial charge is 0.246 e. The molecule has 0 spiro atoms. The maximum atomic E-state index is 11.6. The molecule has 0 unspecified atom stereocenters. The van der Waals surface area contributed by atoms with Crippen LogP contribution in [0.3, 0.4) is 0 Å². The molecule has 1 amide bonds. The Morgan fingerprint density at radius 3 is 2.79 bits per heavy atom. The van der Waals surface area contributed by atoms with Gasteiger partial charge in [-0.15, -0.1) is 0 Å². The van der Waals surface area contributed by atoms with E-state index in [0.717, 1.165) is 16.8 Å². The van der Waals surface area contributed by atoms with E-state index in [1.165, 1.54) is 0 Å². The number of carbonyl (C=O) groups excluding carboxylic acids is 1. The van der Waals surface area contributed by atoms with E-state index < -0.39 is 0 Å². The average molecular weight is 272 g/mol. The second-order valence-corrected chi connectivity index (χ2v) is 4.52. The van der Waals surface area contributed by atoms with E-state index in [4.69, 9.17) is 11.6 Å². The van der Waals surface area contributed by atoms with Crippen molar-refractivity contribution in [3.63, 3.8) is 0 Å². The molecule has 0 aliphatic carbocycles. The molecule has 2 aromatic rings. The highest BCUT2D eigenvalue weighted by Crippen LogP contribution is 2.24. The van der Waals surface area contributed by atoms with Crippen LogP contribution in [0.1, 0.15) is 11.1 Å². The van der Waals surface area contributed by atoms with Crippen LogP contribution in [0.2, 0.25) is 5.15 Å². The monoisotopic (exact) mass is 271 g/mol. The number of amides is 1. The van der Waals surface area contributed by atoms with Gasteiger partial charge in [-0.1, -0.05) is 41.9 Å². The van der Waals surface area contributed by atoms with Gasteiger partial charge >= 0.3 is 0 Å². The number of fused-ring (bicyclic) bond motifs is 1. The Hall–Kier alpha value is -2.20. The summed E-state index contributed by atoms with van der Waals surface area (Å²) in [4.78, 5) is 20.0. The second-order valence-electron chi connectivity index (χ2n) is 4.13. The normalized spacial score (nSPS) is 14.2. The highest BCUT2D eigenvalue weighted by atomic mass is 35.5. The van der Waals surface area contributed by atoms with E-state index >= 15 is 0 Å². The number of aliphatic imine (C=N–C) groups is 1. The number of pyridine rings is 1. The van der Waals surface area contributed by atoms with Gasteiger partial charge in [-0.2, -0.15) is 0 Å². The molecule has 2 heterocycles. The van der Waals surface area contributed by atoms with Crippen molar-refractivity contribution in [2.45, 2.75) is 0 Å². The van der Waals surface area contributed by atoms with Gasteiger partial charge in [-0.25, -0.2) is 4.98 Å². The first-order chi connectivity index (χ1) is 9.24. The Kier molecular flexibility index (Phi) is 3.01. The number of nitrogens with zero attached hydrogens (tertiary/aromatic N) is 2. The van der Waals surface area contributed by atoms with Crippen LogP contribution in [0.4, 0.5) is 5.69 Å². The Labute approximate surface area is 115 Å². The second kappa shape index (κ2) is 4.82. The fraction of sp³-hybridized carbons (Fsp3) is 0.0714. The van der Waals surface area contributed by atoms with E-state index in [9.17, 15) is 4.79 Å². The number of carbonyl (C=O) groups is 1. The third kappa shape index (κ3) is 2.35. The Bertz CT molecular complexity index is 668. The molecule has 1 aromatic heterocycles. The average Bonchev–Trinajstić information content (AvgIpc) is 2.58. The van der Waals surface area contributed by atoms with Gasteiger partial charge in [-0.3, -0.25) is 9.79 Å². The quantitative estimate of drug-likeness (QED) is 0.811. The van der Waals surface area contributed by atoms with E-state index in [-0.39, 0.29) is 12.5 Å². The lowest BCUT2D eigenvalue weighted by Gasteiger charge is -2.09. The van der Waals surface area contributed by atoms with Gasteiger partial charge < -0.3 is 5.32 Å². The van der Waals surface area contributed by atoms with Crippen LogP contribution >= 0.6 is 11.6 Å². The summed E-state index contributed by atoms with van der Waals surface area (Å²) in [6, 6.07) is 11.4. The predicted octanol–water partition coefficient (Wildman–Crippen LogP) is 2.52. The van der Waals surface area contributed by atoms with Crippen molar-refractivity contribution in [3.05, 3.63) is 58.9 Å². The summed E-state index contributed by atoms with van der Waals surface area (Å²) in [5.41, 5.74) is 3.12. The molecular weight excluding hydrogens is 262 g/mol. The van der Waals surface area contributed by atoms with E-state index in [1.807, 2.05) is 30.3 Å². The summed E-state index contributed by atoms with van der Waals surface area (Å²) < 4.78 is 0. The molecule has 3 rings (SSSR count). The summed E-state index contributed by atoms with van der Waals surface area (Å²) in [6.45, 7) is 0.0938. The highest BCUT2D eigenvalue weighted by molar-refractivity contribution is 6.30. The minimum Gasteiger partial charge on any atom is -0.323 e. The molecule has 0 radical (unpaired) electrons. The largest absolute Gasteiger partial charge is 0.323 e. The van der Waals surface area contributed by atoms with E-state index in [1.54, 1.807) is 12.3 Å². The van der Waals surface area contributed by atoms with E-state index in [0.29, 0.717) is 10.8 Å². The van der Waals surface area contributed by atoms with Gasteiger partial charge in [0.05, 0.1) is 17.6 Å². The molecule has 0 saturated heterocycles. The first kappa shape index (κ1) is 11.9. The molecule has 0 bridgehead atoms. The zero-order valence-corrected chi connectivity index (χ0v) is 10.7. The third-order valence-electron chi connectivity index (χ3n) is 2.83. The summed E-state index contributed by atoms with van der Waals surface area (Å²) >= 11 is 5.94. The van der Waals surface area contributed by atoms with Crippen LogP contribution in [-0.2, 0) is 4.79 Å². The standard InChI is InChI=1S/C14H10ClN3O/c15-12-6-10-11(7-16-12)18-13(19)8-17-14(10)9-4-2-1-3-5-9/h1-7H,8H2,(H,18,19). The minimum absolute atomic E-state index is 0.0938. The number of benzene rings is 1. The number of rotatable bonds is 1. The molecule has 0 saturated carbocycles. The molecule has 0 fully saturated rings. The molecule has 1 aliphatic rings. The summed E-state index contributed by atoms with van der Waals surface area (Å²) in [5.74, 6) is -0.156. The number of hydrogen-bond donors (Lipinski definition) is 1. The Morgan fingerprint density at radius 2 is 2.00 bits per heavy atom. The van der Waals surface area contributed by atoms with Gasteiger partial charge in [0.2, 0.25) is 5.91 Å². The van der Waals surface area contributed by atoms with Crippen LogP contribution in [0.25, 0.3) is 0 Å². The molecule has 5 heteroatoms. The Morgan fingerprint density at radius 1 is 1.21 bits per heavy atom. The topological polar surface area (TPSA) is 54.4 Å². The van der Waals surface area contributed by atoms with Gasteiger partial charge in [0.1, 0.15) is 11.7 Å². The predicted molar refractivity (Wildman–Crippen MR) is 74.8 cm³/mol. The summed E-state index contributed by atoms with van der Waals surface area (Å²) in [5, 5.41) is 3.15. The van der Waals surface area contributed by atoms with Gasteiger partial charge in [-0.05, 0) is 6.07 Å². The summed E-state index contributed by atoms with van der Waals surface area (Å²) in [7, 11) is 0. The molecule has 1 aliphatic heterocycles. The lowest BCUT2D eigenvalue weighted by molar-refractivity contribution is -0.114.